The van der Waals surface area contributed by atoms with Crippen molar-refractivity contribution in [2.45, 2.75) is 13.1 Å². The zero-order chi connectivity index (χ0) is 22.6. The molecular weight excluding hydrogens is 524 g/mol. The van der Waals surface area contributed by atoms with Crippen molar-refractivity contribution in [1.82, 2.24) is 25.1 Å². The van der Waals surface area contributed by atoms with E-state index in [2.05, 4.69) is 53.1 Å². The summed E-state index contributed by atoms with van der Waals surface area (Å²) in [6.07, 6.45) is -4.55. The van der Waals surface area contributed by atoms with Gasteiger partial charge in [-0.25, -0.2) is 9.97 Å². The van der Waals surface area contributed by atoms with Gasteiger partial charge in [-0.3, -0.25) is 5.10 Å². The van der Waals surface area contributed by atoms with Crippen LogP contribution in [-0.2, 0) is 6.18 Å². The molecule has 0 aliphatic rings. The van der Waals surface area contributed by atoms with Crippen LogP contribution < -0.4 is 10.1 Å². The molecule has 0 amide bonds. The summed E-state index contributed by atoms with van der Waals surface area (Å²) in [6.45, 7) is 1.73. The maximum atomic E-state index is 13.5. The van der Waals surface area contributed by atoms with E-state index in [1.807, 2.05) is 4.93 Å². The summed E-state index contributed by atoms with van der Waals surface area (Å²) < 4.78 is 45.9. The normalized spacial score (nSPS) is 11.1. The van der Waals surface area contributed by atoms with Crippen LogP contribution in [0.4, 0.5) is 24.9 Å². The van der Waals surface area contributed by atoms with Crippen LogP contribution in [0.25, 0.3) is 22.3 Å². The minimum absolute atomic E-state index is 0.0929. The third kappa shape index (κ3) is 4.86. The maximum Gasteiger partial charge on any atom is 0.417 e. The molecule has 0 saturated heterocycles. The second-order valence-corrected chi connectivity index (χ2v) is 6.17. The number of halogens is 4. The van der Waals surface area contributed by atoms with Gasteiger partial charge in [-0.15, -0.1) is 5.10 Å². The van der Waals surface area contributed by atoms with E-state index in [9.17, 15) is 13.2 Å². The van der Waals surface area contributed by atoms with E-state index < -0.39 is 11.7 Å². The molecule has 0 radical (unpaired) electrons. The number of nitrogens with one attached hydrogen (secondary N) is 2. The van der Waals surface area contributed by atoms with Gasteiger partial charge in [0.15, 0.2) is 5.82 Å². The number of para-hydroxylation sites is 1. The van der Waals surface area contributed by atoms with Crippen LogP contribution in [0.15, 0.2) is 42.5 Å². The van der Waals surface area contributed by atoms with Crippen LogP contribution in [0.2, 0.25) is 0 Å². The molecule has 2 aromatic carbocycles. The van der Waals surface area contributed by atoms with Gasteiger partial charge in [0.05, 0.1) is 12.7 Å². The summed E-state index contributed by atoms with van der Waals surface area (Å²) in [6, 6.07) is 10.3. The number of methoxy groups -OCH3 is 1. The summed E-state index contributed by atoms with van der Waals surface area (Å²) in [5.41, 5.74) is -0.595. The molecule has 0 aliphatic heterocycles. The second-order valence-electron chi connectivity index (χ2n) is 6.17. The highest BCUT2D eigenvalue weighted by atomic mass is 127. The number of alkyl halides is 4. The molecule has 0 atom stereocenters. The highest BCUT2D eigenvalue weighted by molar-refractivity contribution is 14.1. The van der Waals surface area contributed by atoms with Gasteiger partial charge in [-0.05, 0) is 30.1 Å². The summed E-state index contributed by atoms with van der Waals surface area (Å²) in [4.78, 5) is 14.9. The minimum atomic E-state index is -4.55. The van der Waals surface area contributed by atoms with Gasteiger partial charge in [0.25, 0.3) is 0 Å². The summed E-state index contributed by atoms with van der Waals surface area (Å²) in [5.74, 6) is 1.39. The van der Waals surface area contributed by atoms with Crippen molar-refractivity contribution in [3.05, 3.63) is 53.9 Å². The zero-order valence-electron chi connectivity index (χ0n) is 16.8. The zero-order valence-corrected chi connectivity index (χ0v) is 18.9. The minimum Gasteiger partial charge on any atom is -0.494 e. The van der Waals surface area contributed by atoms with Crippen LogP contribution in [0.5, 0.6) is 5.75 Å². The molecule has 7 nitrogen and oxygen atoms in total. The van der Waals surface area contributed by atoms with Gasteiger partial charge >= 0.3 is 6.18 Å². The van der Waals surface area contributed by atoms with Crippen LogP contribution >= 0.6 is 22.6 Å². The predicted octanol–water partition coefficient (Wildman–Crippen LogP) is 5.55. The molecule has 0 unspecified atom stereocenters. The topological polar surface area (TPSA) is 88.6 Å². The van der Waals surface area contributed by atoms with E-state index in [-0.39, 0.29) is 23.2 Å². The Morgan fingerprint density at radius 3 is 2.39 bits per heavy atom. The second kappa shape index (κ2) is 9.45. The lowest BCUT2D eigenvalue weighted by atomic mass is 10.1. The highest BCUT2D eigenvalue weighted by Gasteiger charge is 2.34. The van der Waals surface area contributed by atoms with Gasteiger partial charge < -0.3 is 10.1 Å². The number of H-pyrrole nitrogens is 1. The molecule has 4 aromatic rings. The fourth-order valence-corrected chi connectivity index (χ4v) is 2.94. The van der Waals surface area contributed by atoms with Gasteiger partial charge in [0.2, 0.25) is 5.95 Å². The van der Waals surface area contributed by atoms with Crippen molar-refractivity contribution in [1.29, 1.82) is 0 Å². The number of aryl methyl sites for hydroxylation is 1. The lowest BCUT2D eigenvalue weighted by molar-refractivity contribution is -0.137. The Morgan fingerprint density at radius 1 is 1.00 bits per heavy atom. The van der Waals surface area contributed by atoms with E-state index >= 15 is 0 Å². The number of hydrogen-bond donors (Lipinski definition) is 2. The highest BCUT2D eigenvalue weighted by Crippen LogP contribution is 2.38. The molecule has 0 saturated carbocycles. The Hall–Kier alpha value is -2.96. The largest absolute Gasteiger partial charge is 0.494 e. The Balaban J connectivity index is 0.00000132. The molecule has 0 spiro atoms. The molecule has 11 heteroatoms. The van der Waals surface area contributed by atoms with Gasteiger partial charge in [0, 0.05) is 10.9 Å². The molecule has 4 rings (SSSR count). The fourth-order valence-electron chi connectivity index (χ4n) is 2.94. The average Bonchev–Trinajstić information content (AvgIpc) is 3.18. The monoisotopic (exact) mass is 542 g/mol. The number of aromatic nitrogens is 5. The number of rotatable bonds is 4. The SMILES string of the molecule is CI.COc1cccc2c(Nc3n[nH]c(C)n3)nc(-c3ccccc3C(F)(F)F)nc12. The van der Waals surface area contributed by atoms with Crippen molar-refractivity contribution >= 4 is 45.3 Å². The van der Waals surface area contributed by atoms with Gasteiger partial charge in [-0.2, -0.15) is 18.2 Å². The first kappa shape index (κ1) is 22.7. The first-order valence-corrected chi connectivity index (χ1v) is 11.1. The standard InChI is InChI=1S/C19H15F3N6O.CH3I/c1-10-23-18(28-27-10)26-17-12-7-5-9-14(29-2)15(12)24-16(25-17)11-6-3-4-8-13(11)19(20,21)22;1-2/h3-9H,1-2H3,(H2,23,24,25,26,27,28);1H3. The number of ether oxygens (including phenoxy) is 1. The first-order chi connectivity index (χ1) is 14.9. The summed E-state index contributed by atoms with van der Waals surface area (Å²) in [7, 11) is 1.46. The summed E-state index contributed by atoms with van der Waals surface area (Å²) >= 11 is 2.15. The Morgan fingerprint density at radius 2 is 1.74 bits per heavy atom. The number of aromatic amines is 1. The number of hydrogen-bond acceptors (Lipinski definition) is 6. The van der Waals surface area contributed by atoms with Crippen molar-refractivity contribution in [3.8, 4) is 17.1 Å². The van der Waals surface area contributed by atoms with Gasteiger partial charge in [-0.1, -0.05) is 46.9 Å². The smallest absolute Gasteiger partial charge is 0.417 e. The van der Waals surface area contributed by atoms with E-state index in [4.69, 9.17) is 4.74 Å². The molecule has 162 valence electrons. The fraction of sp³-hybridized carbons (Fsp3) is 0.200. The molecule has 0 bridgehead atoms. The maximum absolute atomic E-state index is 13.5. The molecule has 2 aromatic heterocycles. The quantitative estimate of drug-likeness (QED) is 0.260. The van der Waals surface area contributed by atoms with Crippen LogP contribution in [0.3, 0.4) is 0 Å². The molecular formula is C20H18F3IN6O. The molecule has 0 aliphatic carbocycles. The van der Waals surface area contributed by atoms with Crippen molar-refractivity contribution < 1.29 is 17.9 Å². The predicted molar refractivity (Wildman–Crippen MR) is 121 cm³/mol. The third-order valence-corrected chi connectivity index (χ3v) is 4.21. The average molecular weight is 542 g/mol. The number of benzene rings is 2. The Bertz CT molecular complexity index is 1200. The van der Waals surface area contributed by atoms with E-state index in [1.165, 1.54) is 25.3 Å². The Kier molecular flexibility index (Phi) is 6.93. The third-order valence-electron chi connectivity index (χ3n) is 4.21. The van der Waals surface area contributed by atoms with Crippen LogP contribution in [0, 0.1) is 6.92 Å². The van der Waals surface area contributed by atoms with E-state index in [0.717, 1.165) is 6.07 Å². The molecule has 2 heterocycles. The number of nitrogens with zero attached hydrogens (tertiary/aromatic N) is 4. The van der Waals surface area contributed by atoms with E-state index in [0.29, 0.717) is 22.5 Å². The van der Waals surface area contributed by atoms with Crippen molar-refractivity contribution in [2.24, 2.45) is 0 Å². The van der Waals surface area contributed by atoms with E-state index in [1.54, 1.807) is 25.1 Å². The first-order valence-electron chi connectivity index (χ1n) is 8.92. The molecule has 2 N–H and O–H groups in total. The van der Waals surface area contributed by atoms with Crippen LogP contribution in [-0.4, -0.2) is 37.2 Å². The van der Waals surface area contributed by atoms with Crippen molar-refractivity contribution in [2.75, 3.05) is 17.4 Å². The lowest BCUT2D eigenvalue weighted by Crippen LogP contribution is -2.09. The number of fused-ring (bicyclic) bond motifs is 1. The lowest BCUT2D eigenvalue weighted by Gasteiger charge is -2.14. The van der Waals surface area contributed by atoms with Gasteiger partial charge in [0.1, 0.15) is 22.9 Å². The molecule has 0 fully saturated rings. The summed E-state index contributed by atoms with van der Waals surface area (Å²) in [5, 5.41) is 10.2. The molecule has 31 heavy (non-hydrogen) atoms. The number of anilines is 2. The Labute approximate surface area is 189 Å². The van der Waals surface area contributed by atoms with Crippen molar-refractivity contribution in [3.63, 3.8) is 0 Å². The van der Waals surface area contributed by atoms with Crippen LogP contribution in [0.1, 0.15) is 11.4 Å².